The molecule has 3 saturated carbocycles. The van der Waals surface area contributed by atoms with E-state index in [1.807, 2.05) is 4.72 Å². The Labute approximate surface area is 788 Å². The van der Waals surface area contributed by atoms with Crippen LogP contribution in [0, 0.1) is 40.4 Å². The summed E-state index contributed by atoms with van der Waals surface area (Å²) in [7, 11) is 0.924. The molecule has 8 fully saturated rings. The van der Waals surface area contributed by atoms with Gasteiger partial charge in [0, 0.05) is 75.8 Å². The summed E-state index contributed by atoms with van der Waals surface area (Å²) in [5.74, 6) is -12.8. The fraction of sp³-hybridized carbons (Fsp3) is 0.537. The Morgan fingerprint density at radius 2 is 1.17 bits per heavy atom. The number of anilines is 2. The number of rotatable bonds is 21. The lowest BCUT2D eigenvalue weighted by Gasteiger charge is -2.36. The monoisotopic (exact) mass is 1950 g/mol. The number of imidazole rings is 2. The Bertz CT molecular complexity index is 5950. The van der Waals surface area contributed by atoms with Crippen molar-refractivity contribution in [3.05, 3.63) is 160 Å². The molecule has 0 spiro atoms. The molecule has 7 N–H and O–H groups in total. The molecular formula is C95H111F9N16O17S. The average molecular weight is 1950 g/mol. The van der Waals surface area contributed by atoms with E-state index in [1.54, 1.807) is 90.6 Å². The minimum atomic E-state index is -4.30. The zero-order valence-electron chi connectivity index (χ0n) is 77.6. The Morgan fingerprint density at radius 1 is 0.630 bits per heavy atom. The maximum Gasteiger partial charge on any atom is 0.408 e. The molecule has 5 saturated heterocycles. The van der Waals surface area contributed by atoms with Gasteiger partial charge in [0.15, 0.2) is 17.3 Å². The second kappa shape index (κ2) is 39.6. The Morgan fingerprint density at radius 3 is 1.69 bits per heavy atom. The van der Waals surface area contributed by atoms with Crippen LogP contribution in [0.15, 0.2) is 97.1 Å². The minimum Gasteiger partial charge on any atom is -0.471 e. The van der Waals surface area contributed by atoms with Crippen molar-refractivity contribution < 1.29 is 119 Å². The fourth-order valence-electron chi connectivity index (χ4n) is 20.0. The maximum atomic E-state index is 17.0. The number of aromatic nitrogens is 6. The molecule has 15 atom stereocenters. The lowest BCUT2D eigenvalue weighted by atomic mass is 9.85. The molecule has 43 heteroatoms. The maximum absolute atomic E-state index is 17.0. The molecule has 9 heterocycles. The number of para-hydroxylation sites is 2. The van der Waals surface area contributed by atoms with E-state index in [4.69, 9.17) is 43.1 Å². The molecule has 138 heavy (non-hydrogen) atoms. The molecule has 3 aromatic heterocycles. The number of halogens is 9. The Hall–Kier alpha value is -12.1. The summed E-state index contributed by atoms with van der Waals surface area (Å²) in [4.78, 5) is 141. The van der Waals surface area contributed by atoms with Gasteiger partial charge in [-0.05, 0) is 182 Å². The summed E-state index contributed by atoms with van der Waals surface area (Å²) in [5.41, 5.74) is -1.47. The Kier molecular flexibility index (Phi) is 28.4. The van der Waals surface area contributed by atoms with Crippen LogP contribution in [0.25, 0.3) is 33.1 Å². The standard InChI is InChI=1S/C57H65F5N10O8.C38H46F4N6O9S/c1-29(77-3)49(67-56(75)79-5)54(73)70-19-7-9-47(70)52-63-41-25-35(37(59)27-43(41)65-52)45-15-16-46(72(45)34-23-39(61)51(40(62)24-34)69-21-17-32(18-22-69)31-11-13-33(58)14-12-31)36-26-42-44(28-38(36)60)66-53(64-42)48-10-8-20-71(48)55(74)50(30(2)78-4)68-57(76)80-6;1-35(2,3)28-32(50)48-19-20(17-24(48)30(49)46-37(18-21(37)29(39)40)33(51)47-58(53,54)36(4)14-15-36)56-31-27(43-22-9-5-6-10-23(22)44-31)38(41,42)13-8-16-55-25-11-7-12-26(25)57-34(52)45-28/h11-14,23-30,32,45-50H,7-10,15-22H2,1-6H3,(H,63,65)(H,64,66)(H,67,75)(H,68,76);5-6,8-10,13,20-21,24-26,28-29H,7,11-12,14-19H2,1-4H3,(H,45,52)(H,46,49)(H,47,51)/b;13-8+/t29-,30-,45-,46-,47+,48+,49+,50+;20-,21+,24+,25-,26-,28-,37-/m11/s1. The zero-order chi connectivity index (χ0) is 98.7. The number of nitrogens with one attached hydrogen (secondary N) is 7. The van der Waals surface area contributed by atoms with Crippen molar-refractivity contribution in [2.45, 2.75) is 245 Å². The number of alkyl carbamates (subject to hydrolysis) is 3. The van der Waals surface area contributed by atoms with E-state index in [9.17, 15) is 59.9 Å². The van der Waals surface area contributed by atoms with Gasteiger partial charge in [0.2, 0.25) is 46.0 Å². The molecule has 8 amide bonds. The van der Waals surface area contributed by atoms with Crippen molar-refractivity contribution in [3.63, 3.8) is 0 Å². The number of piperidine rings is 1. The second-order valence-electron chi connectivity index (χ2n) is 38.2. The number of carbonyl (C=O) groups is 8. The number of hydrogen-bond acceptors (Lipinski definition) is 23. The number of fused-ring (bicyclic) bond motifs is 7. The smallest absolute Gasteiger partial charge is 0.408 e. The number of methoxy groups -OCH3 is 4. The highest BCUT2D eigenvalue weighted by Crippen LogP contribution is 2.53. The van der Waals surface area contributed by atoms with E-state index in [0.717, 1.165) is 16.5 Å². The summed E-state index contributed by atoms with van der Waals surface area (Å²) in [5, 5.41) is 10.1. The van der Waals surface area contributed by atoms with Crippen LogP contribution in [0.3, 0.4) is 0 Å². The summed E-state index contributed by atoms with van der Waals surface area (Å²) in [6.07, 6.45) is -3.31. The van der Waals surface area contributed by atoms with Crippen LogP contribution in [0.5, 0.6) is 5.88 Å². The number of amides is 8. The summed E-state index contributed by atoms with van der Waals surface area (Å²) in [6.45, 7) is 10.3. The van der Waals surface area contributed by atoms with Crippen LogP contribution in [0.1, 0.15) is 202 Å². The van der Waals surface area contributed by atoms with Crippen LogP contribution in [0.2, 0.25) is 0 Å². The van der Waals surface area contributed by atoms with Crippen molar-refractivity contribution in [2.75, 3.05) is 77.6 Å². The van der Waals surface area contributed by atoms with Gasteiger partial charge >= 0.3 is 24.2 Å². The van der Waals surface area contributed by atoms with E-state index >= 15 is 26.3 Å². The number of aromatic amines is 2. The van der Waals surface area contributed by atoms with E-state index in [2.05, 4.69) is 41.2 Å². The normalized spacial score (nSPS) is 25.6. The van der Waals surface area contributed by atoms with Crippen molar-refractivity contribution in [3.8, 4) is 5.88 Å². The minimum absolute atomic E-state index is 0.0491. The van der Waals surface area contributed by atoms with Gasteiger partial charge in [0.05, 0.1) is 114 Å². The van der Waals surface area contributed by atoms with Crippen LogP contribution < -0.4 is 40.5 Å². The number of sulfonamides is 1. The van der Waals surface area contributed by atoms with Crippen molar-refractivity contribution in [2.24, 2.45) is 11.3 Å². The average Bonchev–Trinajstić information content (AvgIpc) is 1.56. The highest BCUT2D eigenvalue weighted by atomic mass is 32.2. The van der Waals surface area contributed by atoms with Gasteiger partial charge in [0.1, 0.15) is 76.7 Å². The van der Waals surface area contributed by atoms with E-state index in [1.165, 1.54) is 83.9 Å². The number of likely N-dealkylation sites (tertiary alicyclic amines) is 2. The molecule has 3 aliphatic carbocycles. The highest BCUT2D eigenvalue weighted by Gasteiger charge is 2.68. The molecular weight excluding hydrogens is 1840 g/mol. The number of carbonyl (C=O) groups excluding carboxylic acids is 8. The molecule has 2 bridgehead atoms. The fourth-order valence-corrected chi connectivity index (χ4v) is 21.4. The summed E-state index contributed by atoms with van der Waals surface area (Å²) < 4.78 is 207. The first-order valence-corrected chi connectivity index (χ1v) is 47.7. The topological polar surface area (TPSA) is 395 Å². The predicted octanol–water partition coefficient (Wildman–Crippen LogP) is 13.3. The van der Waals surface area contributed by atoms with Crippen LogP contribution in [0.4, 0.5) is 65.3 Å². The number of allylic oxidation sites excluding steroid dienone is 1. The molecule has 8 aromatic rings. The molecule has 17 rings (SSSR count). The molecule has 0 unspecified atom stereocenters. The summed E-state index contributed by atoms with van der Waals surface area (Å²) >= 11 is 0. The first kappa shape index (κ1) is 98.9. The number of alkyl halides is 4. The van der Waals surface area contributed by atoms with Crippen molar-refractivity contribution in [1.29, 1.82) is 0 Å². The van der Waals surface area contributed by atoms with Crippen LogP contribution in [-0.4, -0.2) is 240 Å². The van der Waals surface area contributed by atoms with Gasteiger partial charge in [-0.25, -0.2) is 73.5 Å². The number of nitrogens with zero attached hydrogens (tertiary/aromatic N) is 9. The van der Waals surface area contributed by atoms with E-state index in [0.29, 0.717) is 113 Å². The number of hydrogen-bond donors (Lipinski definition) is 7. The molecule has 5 aromatic carbocycles. The highest BCUT2D eigenvalue weighted by molar-refractivity contribution is 7.91. The third kappa shape index (κ3) is 20.1. The lowest BCUT2D eigenvalue weighted by molar-refractivity contribution is -0.143. The van der Waals surface area contributed by atoms with Gasteiger partial charge in [-0.2, -0.15) is 8.78 Å². The van der Waals surface area contributed by atoms with Gasteiger partial charge in [0.25, 0.3) is 5.91 Å². The van der Waals surface area contributed by atoms with Crippen molar-refractivity contribution >= 4 is 102 Å². The largest absolute Gasteiger partial charge is 0.471 e. The molecule has 0 radical (unpaired) electrons. The van der Waals surface area contributed by atoms with Crippen LogP contribution in [-0.2, 0) is 68.3 Å². The molecule has 6 aliphatic heterocycles. The van der Waals surface area contributed by atoms with Crippen LogP contribution >= 0.6 is 0 Å². The van der Waals surface area contributed by atoms with E-state index < -0.39 is 225 Å². The third-order valence-corrected chi connectivity index (χ3v) is 30.4. The first-order valence-electron chi connectivity index (χ1n) is 46.2. The van der Waals surface area contributed by atoms with Gasteiger partial charge in [-0.1, -0.05) is 51.1 Å². The summed E-state index contributed by atoms with van der Waals surface area (Å²) in [6, 6.07) is 12.6. The quantitative estimate of drug-likeness (QED) is 0.0200. The lowest BCUT2D eigenvalue weighted by Crippen LogP contribution is -2.60. The SMILES string of the molecule is CC(C)(C)[C@@H]1NC(=O)O[C@@H]2CCC[C@H]2OC/C=C/C(F)(F)c2nc3ccccc3nc2O[C@@H]2C[C@@H](C(=O)N[C@]3(C(=O)NS(=O)(=O)C4(C)CC4)C[C@H]3C(F)F)N(C2)C1=O.COC(=O)N[C@H](C(=O)N1CCC[C@H]1c1nc2cc(F)c([C@H]3CC[C@H](c4cc5[nH]c([C@@H]6CCCN6C(=O)[C@@H](NC(=O)OC)[C@@H](C)OC)nc5cc4F)N3c3cc(F)c(N4CCC(c5ccc(F)cc5)CC4)c(F)c3)cc2[nH]1)[C@@H](C)OC. The van der Waals surface area contributed by atoms with Gasteiger partial charge < -0.3 is 88.9 Å². The predicted molar refractivity (Wildman–Crippen MR) is 482 cm³/mol. The zero-order valence-corrected chi connectivity index (χ0v) is 78.4. The molecule has 33 nitrogen and oxygen atoms in total. The second-order valence-corrected chi connectivity index (χ2v) is 40.4. The first-order chi connectivity index (χ1) is 65.6. The number of H-pyrrole nitrogens is 2. The van der Waals surface area contributed by atoms with E-state index in [-0.39, 0.29) is 88.6 Å². The number of benzene rings is 5. The Balaban J connectivity index is 0.000000210. The number of ether oxygens (including phenoxy) is 7. The van der Waals surface area contributed by atoms with Gasteiger partial charge in [-0.3, -0.25) is 28.7 Å². The van der Waals surface area contributed by atoms with Crippen molar-refractivity contribution in [1.82, 2.24) is 70.6 Å². The third-order valence-electron chi connectivity index (χ3n) is 28.3. The van der Waals surface area contributed by atoms with Gasteiger partial charge in [-0.15, -0.1) is 0 Å². The molecule has 742 valence electrons. The molecule has 9 aliphatic rings.